The van der Waals surface area contributed by atoms with Crippen molar-refractivity contribution in [2.75, 3.05) is 0 Å². The van der Waals surface area contributed by atoms with Gasteiger partial charge in [-0.3, -0.25) is 9.59 Å². The van der Waals surface area contributed by atoms with Gasteiger partial charge in [0.1, 0.15) is 5.78 Å². The summed E-state index contributed by atoms with van der Waals surface area (Å²) in [6.45, 7) is 3.64. The van der Waals surface area contributed by atoms with Crippen molar-refractivity contribution in [3.05, 3.63) is 0 Å². The second-order valence-corrected chi connectivity index (χ2v) is 5.52. The van der Waals surface area contributed by atoms with Gasteiger partial charge in [0.05, 0.1) is 10.3 Å². The lowest BCUT2D eigenvalue weighted by Crippen LogP contribution is -2.43. The molecule has 0 radical (unpaired) electrons. The summed E-state index contributed by atoms with van der Waals surface area (Å²) in [4.78, 5) is 22.9. The van der Waals surface area contributed by atoms with Gasteiger partial charge in [0, 0.05) is 12.3 Å². The van der Waals surface area contributed by atoms with Crippen LogP contribution < -0.4 is 0 Å². The molecule has 2 aliphatic rings. The van der Waals surface area contributed by atoms with Crippen LogP contribution in [-0.2, 0) is 9.59 Å². The highest BCUT2D eigenvalue weighted by atomic mass is 35.5. The highest BCUT2D eigenvalue weighted by Crippen LogP contribution is 2.52. The van der Waals surface area contributed by atoms with Gasteiger partial charge < -0.3 is 0 Å². The number of hydrogen-bond acceptors (Lipinski definition) is 2. The normalized spacial score (nSPS) is 49.9. The maximum absolute atomic E-state index is 11.8. The van der Waals surface area contributed by atoms with E-state index in [1.54, 1.807) is 6.92 Å². The summed E-state index contributed by atoms with van der Waals surface area (Å²) in [5.74, 6) is -0.0754. The van der Waals surface area contributed by atoms with E-state index in [4.69, 9.17) is 11.6 Å². The molecule has 0 heterocycles. The minimum absolute atomic E-state index is 0.0706. The van der Waals surface area contributed by atoms with Crippen molar-refractivity contribution in [3.8, 4) is 0 Å². The monoisotopic (exact) mass is 200 g/mol. The van der Waals surface area contributed by atoms with Crippen molar-refractivity contribution in [2.24, 2.45) is 11.3 Å². The van der Waals surface area contributed by atoms with Crippen LogP contribution in [0.15, 0.2) is 0 Å². The summed E-state index contributed by atoms with van der Waals surface area (Å²) in [6, 6.07) is 0. The quantitative estimate of drug-likeness (QED) is 0.443. The number of ketones is 2. The van der Waals surface area contributed by atoms with Crippen molar-refractivity contribution < 1.29 is 9.59 Å². The van der Waals surface area contributed by atoms with E-state index in [0.29, 0.717) is 12.8 Å². The lowest BCUT2D eigenvalue weighted by atomic mass is 9.71. The number of hydrogen-bond donors (Lipinski definition) is 0. The van der Waals surface area contributed by atoms with Crippen LogP contribution in [0.3, 0.4) is 0 Å². The molecule has 72 valence electrons. The Morgan fingerprint density at radius 2 is 1.92 bits per heavy atom. The zero-order chi connectivity index (χ0) is 9.85. The summed E-state index contributed by atoms with van der Waals surface area (Å²) < 4.78 is 0. The fraction of sp³-hybridized carbons (Fsp3) is 0.800. The third-order valence-electron chi connectivity index (χ3n) is 3.71. The molecule has 0 aromatic rings. The van der Waals surface area contributed by atoms with Gasteiger partial charge in [0.25, 0.3) is 0 Å². The topological polar surface area (TPSA) is 34.1 Å². The Bertz CT molecular complexity index is 295. The Kier molecular flexibility index (Phi) is 1.66. The summed E-state index contributed by atoms with van der Waals surface area (Å²) in [6.07, 6.45) is 1.75. The minimum Gasteiger partial charge on any atom is -0.299 e. The molecule has 2 saturated carbocycles. The molecule has 0 aromatic carbocycles. The lowest BCUT2D eigenvalue weighted by Gasteiger charge is -2.35. The minimum atomic E-state index is -0.695. The van der Waals surface area contributed by atoms with E-state index < -0.39 is 10.3 Å². The number of carbonyl (C=O) groups excluding carboxylic acids is 2. The number of rotatable bonds is 0. The molecule has 0 aliphatic heterocycles. The Morgan fingerprint density at radius 1 is 1.31 bits per heavy atom. The van der Waals surface area contributed by atoms with E-state index in [1.807, 2.05) is 6.92 Å². The van der Waals surface area contributed by atoms with E-state index in [-0.39, 0.29) is 17.5 Å². The summed E-state index contributed by atoms with van der Waals surface area (Å²) in [5.41, 5.74) is -0.695. The van der Waals surface area contributed by atoms with Crippen LogP contribution >= 0.6 is 11.6 Å². The molecule has 2 aliphatic carbocycles. The summed E-state index contributed by atoms with van der Waals surface area (Å²) >= 11 is 6.21. The van der Waals surface area contributed by atoms with Gasteiger partial charge in [0.15, 0.2) is 5.78 Å². The van der Waals surface area contributed by atoms with Crippen LogP contribution in [0.1, 0.15) is 33.1 Å². The number of alkyl halides is 1. The molecule has 3 heteroatoms. The average Bonchev–Trinajstić information content (AvgIpc) is 2.21. The first-order chi connectivity index (χ1) is 5.88. The summed E-state index contributed by atoms with van der Waals surface area (Å²) in [5, 5.41) is 0. The average molecular weight is 201 g/mol. The molecule has 0 unspecified atom stereocenters. The van der Waals surface area contributed by atoms with Crippen LogP contribution in [0, 0.1) is 11.3 Å². The second kappa shape index (κ2) is 2.35. The van der Waals surface area contributed by atoms with Crippen LogP contribution in [0.4, 0.5) is 0 Å². The van der Waals surface area contributed by atoms with Crippen molar-refractivity contribution in [1.82, 2.24) is 0 Å². The number of Topliss-reactive ketones (excluding diaryl/α,β-unsaturated/α-hetero) is 2. The maximum atomic E-state index is 11.8. The van der Waals surface area contributed by atoms with E-state index in [1.165, 1.54) is 0 Å². The predicted octanol–water partition coefficient (Wildman–Crippen LogP) is 1.94. The molecular weight excluding hydrogens is 188 g/mol. The Hall–Kier alpha value is -0.370. The van der Waals surface area contributed by atoms with Crippen LogP contribution in [0.25, 0.3) is 0 Å². The van der Waals surface area contributed by atoms with Crippen molar-refractivity contribution in [3.63, 3.8) is 0 Å². The predicted molar refractivity (Wildman–Crippen MR) is 49.7 cm³/mol. The molecule has 0 spiro atoms. The van der Waals surface area contributed by atoms with E-state index in [9.17, 15) is 9.59 Å². The summed E-state index contributed by atoms with van der Waals surface area (Å²) in [7, 11) is 0. The zero-order valence-corrected chi connectivity index (χ0v) is 8.65. The van der Waals surface area contributed by atoms with Crippen LogP contribution in [0.5, 0.6) is 0 Å². The van der Waals surface area contributed by atoms with E-state index in [0.717, 1.165) is 6.42 Å². The van der Waals surface area contributed by atoms with E-state index in [2.05, 4.69) is 0 Å². The van der Waals surface area contributed by atoms with Crippen LogP contribution in [0.2, 0.25) is 0 Å². The first-order valence-corrected chi connectivity index (χ1v) is 5.02. The van der Waals surface area contributed by atoms with Gasteiger partial charge >= 0.3 is 0 Å². The molecule has 2 fully saturated rings. The maximum Gasteiger partial charge on any atom is 0.151 e. The highest BCUT2D eigenvalue weighted by Gasteiger charge is 2.59. The third kappa shape index (κ3) is 1.01. The van der Waals surface area contributed by atoms with Gasteiger partial charge in [0.2, 0.25) is 0 Å². The van der Waals surface area contributed by atoms with Gasteiger partial charge in [-0.2, -0.15) is 0 Å². The van der Waals surface area contributed by atoms with Crippen molar-refractivity contribution in [2.45, 2.75) is 38.0 Å². The number of carbonyl (C=O) groups is 2. The molecule has 3 atom stereocenters. The highest BCUT2D eigenvalue weighted by molar-refractivity contribution is 6.28. The molecule has 2 bridgehead atoms. The molecular formula is C10H13ClO2. The SMILES string of the molecule is C[C@]12CC[C@@](C)(Cl)[C@H](CC1=O)C2=O. The van der Waals surface area contributed by atoms with Crippen LogP contribution in [-0.4, -0.2) is 16.4 Å². The van der Waals surface area contributed by atoms with E-state index >= 15 is 0 Å². The second-order valence-electron chi connectivity index (χ2n) is 4.65. The number of fused-ring (bicyclic) bond motifs is 2. The fourth-order valence-corrected chi connectivity index (χ4v) is 2.71. The molecule has 0 N–H and O–H groups in total. The fourth-order valence-electron chi connectivity index (χ4n) is 2.44. The Balaban J connectivity index is 2.44. The number of halogens is 1. The Morgan fingerprint density at radius 3 is 2.46 bits per heavy atom. The smallest absolute Gasteiger partial charge is 0.151 e. The largest absolute Gasteiger partial charge is 0.299 e. The zero-order valence-electron chi connectivity index (χ0n) is 7.89. The van der Waals surface area contributed by atoms with Gasteiger partial charge in [-0.05, 0) is 26.7 Å². The first-order valence-electron chi connectivity index (χ1n) is 4.64. The first kappa shape index (κ1) is 9.20. The standard InChI is InChI=1S/C10H13ClO2/c1-9-3-4-10(2,11)6(8(9)13)5-7(9)12/h6H,3-5H2,1-2H3/t6-,9+,10-/m1/s1. The Labute approximate surface area is 82.6 Å². The molecule has 2 rings (SSSR count). The molecule has 0 aromatic heterocycles. The van der Waals surface area contributed by atoms with Gasteiger partial charge in [-0.1, -0.05) is 0 Å². The third-order valence-corrected chi connectivity index (χ3v) is 4.16. The molecule has 2 nitrogen and oxygen atoms in total. The van der Waals surface area contributed by atoms with Crippen molar-refractivity contribution in [1.29, 1.82) is 0 Å². The molecule has 0 amide bonds. The lowest BCUT2D eigenvalue weighted by molar-refractivity contribution is -0.137. The van der Waals surface area contributed by atoms with Gasteiger partial charge in [-0.15, -0.1) is 11.6 Å². The van der Waals surface area contributed by atoms with Gasteiger partial charge in [-0.25, -0.2) is 0 Å². The van der Waals surface area contributed by atoms with Crippen molar-refractivity contribution >= 4 is 23.2 Å². The molecule has 13 heavy (non-hydrogen) atoms. The molecule has 0 saturated heterocycles.